The summed E-state index contributed by atoms with van der Waals surface area (Å²) < 4.78 is 5.15. The maximum absolute atomic E-state index is 5.15. The largest absolute Gasteiger partial charge is 0.481 e. The van der Waals surface area contributed by atoms with E-state index in [4.69, 9.17) is 4.74 Å². The summed E-state index contributed by atoms with van der Waals surface area (Å²) in [4.78, 5) is 8.37. The molecular weight excluding hydrogens is 250 g/mol. The summed E-state index contributed by atoms with van der Waals surface area (Å²) in [6.07, 6.45) is 3.39. The number of rotatable bonds is 6. The molecule has 1 N–H and O–H groups in total. The minimum Gasteiger partial charge on any atom is -0.481 e. The molecule has 4 nitrogen and oxygen atoms in total. The lowest BCUT2D eigenvalue weighted by Gasteiger charge is -2.19. The lowest BCUT2D eigenvalue weighted by atomic mass is 9.95. The smallest absolute Gasteiger partial charge is 0.216 e. The molecule has 2 aromatic rings. The summed E-state index contributed by atoms with van der Waals surface area (Å²) in [5.41, 5.74) is 3.67. The molecule has 1 heterocycles. The molecule has 20 heavy (non-hydrogen) atoms. The van der Waals surface area contributed by atoms with E-state index in [0.717, 1.165) is 18.5 Å². The number of likely N-dealkylation sites (N-methyl/N-ethyl adjacent to an activating group) is 1. The van der Waals surface area contributed by atoms with E-state index < -0.39 is 0 Å². The number of aromatic nitrogens is 2. The molecule has 0 saturated carbocycles. The van der Waals surface area contributed by atoms with Crippen molar-refractivity contribution in [3.05, 3.63) is 53.5 Å². The highest BCUT2D eigenvalue weighted by Gasteiger charge is 2.14. The number of nitrogens with zero attached hydrogens (tertiary/aromatic N) is 2. The third kappa shape index (κ3) is 3.33. The number of benzene rings is 1. The van der Waals surface area contributed by atoms with E-state index >= 15 is 0 Å². The van der Waals surface area contributed by atoms with Crippen LogP contribution in [0.25, 0.3) is 0 Å². The van der Waals surface area contributed by atoms with Gasteiger partial charge in [-0.2, -0.15) is 0 Å². The first kappa shape index (κ1) is 14.5. The van der Waals surface area contributed by atoms with Gasteiger partial charge in [0.2, 0.25) is 5.88 Å². The van der Waals surface area contributed by atoms with Crippen LogP contribution < -0.4 is 10.1 Å². The fourth-order valence-corrected chi connectivity index (χ4v) is 2.37. The van der Waals surface area contributed by atoms with Crippen LogP contribution in [0, 0.1) is 0 Å². The summed E-state index contributed by atoms with van der Waals surface area (Å²) in [5, 5.41) is 3.38. The first-order valence-corrected chi connectivity index (χ1v) is 6.88. The molecule has 1 aromatic carbocycles. The quantitative estimate of drug-likeness (QED) is 0.877. The normalized spacial score (nSPS) is 12.2. The van der Waals surface area contributed by atoms with E-state index in [0.29, 0.717) is 5.88 Å². The molecule has 2 rings (SSSR count). The fraction of sp³-hybridized carbons (Fsp3) is 0.375. The van der Waals surface area contributed by atoms with E-state index in [2.05, 4.69) is 46.5 Å². The molecule has 0 fully saturated rings. The second kappa shape index (κ2) is 7.01. The van der Waals surface area contributed by atoms with Gasteiger partial charge in [0.15, 0.2) is 0 Å². The molecule has 0 radical (unpaired) electrons. The van der Waals surface area contributed by atoms with Crippen molar-refractivity contribution in [1.82, 2.24) is 15.3 Å². The van der Waals surface area contributed by atoms with Crippen LogP contribution in [-0.2, 0) is 12.8 Å². The molecule has 0 amide bonds. The average molecular weight is 271 g/mol. The third-order valence-corrected chi connectivity index (χ3v) is 3.48. The summed E-state index contributed by atoms with van der Waals surface area (Å²) in [6, 6.07) is 10.7. The van der Waals surface area contributed by atoms with Gasteiger partial charge in [0.1, 0.15) is 6.33 Å². The fourth-order valence-electron chi connectivity index (χ4n) is 2.37. The van der Waals surface area contributed by atoms with E-state index in [9.17, 15) is 0 Å². The monoisotopic (exact) mass is 271 g/mol. The van der Waals surface area contributed by atoms with Gasteiger partial charge >= 0.3 is 0 Å². The lowest BCUT2D eigenvalue weighted by molar-refractivity contribution is 0.395. The first-order chi connectivity index (χ1) is 9.78. The van der Waals surface area contributed by atoms with E-state index in [1.165, 1.54) is 11.1 Å². The predicted octanol–water partition coefficient (Wildman–Crippen LogP) is 2.55. The summed E-state index contributed by atoms with van der Waals surface area (Å²) in [6.45, 7) is 2.18. The molecule has 0 bridgehead atoms. The Morgan fingerprint density at radius 2 is 2.05 bits per heavy atom. The second-order valence-electron chi connectivity index (χ2n) is 4.65. The molecule has 1 atom stereocenters. The van der Waals surface area contributed by atoms with Crippen molar-refractivity contribution in [3.63, 3.8) is 0 Å². The molecule has 4 heteroatoms. The SMILES string of the molecule is CCc1ccccc1C(Cc1cc(OC)ncn1)NC. The minimum atomic E-state index is 0.241. The summed E-state index contributed by atoms with van der Waals surface area (Å²) in [5.74, 6) is 0.605. The molecule has 0 spiro atoms. The highest BCUT2D eigenvalue weighted by atomic mass is 16.5. The third-order valence-electron chi connectivity index (χ3n) is 3.48. The van der Waals surface area contributed by atoms with Crippen LogP contribution in [0.15, 0.2) is 36.7 Å². The van der Waals surface area contributed by atoms with Gasteiger partial charge in [0.25, 0.3) is 0 Å². The maximum Gasteiger partial charge on any atom is 0.216 e. The summed E-state index contributed by atoms with van der Waals surface area (Å²) >= 11 is 0. The van der Waals surface area contributed by atoms with Crippen molar-refractivity contribution in [2.75, 3.05) is 14.2 Å². The number of methoxy groups -OCH3 is 1. The van der Waals surface area contributed by atoms with Gasteiger partial charge in [0.05, 0.1) is 7.11 Å². The van der Waals surface area contributed by atoms with Gasteiger partial charge in [0, 0.05) is 24.2 Å². The van der Waals surface area contributed by atoms with Crippen molar-refractivity contribution in [2.45, 2.75) is 25.8 Å². The van der Waals surface area contributed by atoms with Gasteiger partial charge < -0.3 is 10.1 Å². The molecule has 0 saturated heterocycles. The Kier molecular flexibility index (Phi) is 5.07. The van der Waals surface area contributed by atoms with Gasteiger partial charge in [-0.15, -0.1) is 0 Å². The van der Waals surface area contributed by atoms with Crippen LogP contribution >= 0.6 is 0 Å². The van der Waals surface area contributed by atoms with Crippen molar-refractivity contribution in [2.24, 2.45) is 0 Å². The molecule has 1 aromatic heterocycles. The molecule has 0 aliphatic rings. The van der Waals surface area contributed by atoms with Crippen LogP contribution in [-0.4, -0.2) is 24.1 Å². The van der Waals surface area contributed by atoms with Gasteiger partial charge in [-0.1, -0.05) is 31.2 Å². The van der Waals surface area contributed by atoms with Gasteiger partial charge in [-0.05, 0) is 24.6 Å². The zero-order valence-corrected chi connectivity index (χ0v) is 12.3. The number of hydrogen-bond acceptors (Lipinski definition) is 4. The Balaban J connectivity index is 2.24. The minimum absolute atomic E-state index is 0.241. The molecule has 1 unspecified atom stereocenters. The first-order valence-electron chi connectivity index (χ1n) is 6.88. The van der Waals surface area contributed by atoms with Crippen LogP contribution in [0.5, 0.6) is 5.88 Å². The number of hydrogen-bond donors (Lipinski definition) is 1. The lowest BCUT2D eigenvalue weighted by Crippen LogP contribution is -2.20. The Bertz CT molecular complexity index is 557. The molecule has 0 aliphatic heterocycles. The highest BCUT2D eigenvalue weighted by molar-refractivity contribution is 5.31. The number of nitrogens with one attached hydrogen (secondary N) is 1. The van der Waals surface area contributed by atoms with E-state index in [1.54, 1.807) is 13.4 Å². The second-order valence-corrected chi connectivity index (χ2v) is 4.65. The zero-order valence-electron chi connectivity index (χ0n) is 12.3. The van der Waals surface area contributed by atoms with Crippen molar-refractivity contribution >= 4 is 0 Å². The number of ether oxygens (including phenoxy) is 1. The van der Waals surface area contributed by atoms with Crippen molar-refractivity contribution in [1.29, 1.82) is 0 Å². The van der Waals surface area contributed by atoms with Gasteiger partial charge in [-0.3, -0.25) is 0 Å². The topological polar surface area (TPSA) is 47.0 Å². The number of aryl methyl sites for hydroxylation is 1. The highest BCUT2D eigenvalue weighted by Crippen LogP contribution is 2.22. The Hall–Kier alpha value is -1.94. The molecule has 0 aliphatic carbocycles. The Labute approximate surface area is 120 Å². The Morgan fingerprint density at radius 1 is 1.25 bits per heavy atom. The zero-order chi connectivity index (χ0) is 14.4. The van der Waals surface area contributed by atoms with E-state index in [1.807, 2.05) is 13.1 Å². The Morgan fingerprint density at radius 3 is 2.75 bits per heavy atom. The molecular formula is C16H21N3O. The van der Waals surface area contributed by atoms with Crippen LogP contribution in [0.1, 0.15) is 29.8 Å². The van der Waals surface area contributed by atoms with E-state index in [-0.39, 0.29) is 6.04 Å². The maximum atomic E-state index is 5.15. The summed E-state index contributed by atoms with van der Waals surface area (Å²) in [7, 11) is 3.60. The standard InChI is InChI=1S/C16H21N3O/c1-4-12-7-5-6-8-14(12)15(17-2)9-13-10-16(20-3)19-11-18-13/h5-8,10-11,15,17H,4,9H2,1-3H3. The predicted molar refractivity (Wildman–Crippen MR) is 79.9 cm³/mol. The van der Waals surface area contributed by atoms with Crippen molar-refractivity contribution in [3.8, 4) is 5.88 Å². The van der Waals surface area contributed by atoms with Crippen LogP contribution in [0.2, 0.25) is 0 Å². The van der Waals surface area contributed by atoms with Gasteiger partial charge in [-0.25, -0.2) is 9.97 Å². The average Bonchev–Trinajstić information content (AvgIpc) is 2.52. The van der Waals surface area contributed by atoms with Crippen molar-refractivity contribution < 1.29 is 4.74 Å². The van der Waals surface area contributed by atoms with Crippen LogP contribution in [0.4, 0.5) is 0 Å². The van der Waals surface area contributed by atoms with Crippen LogP contribution in [0.3, 0.4) is 0 Å². The molecule has 106 valence electrons.